The van der Waals surface area contributed by atoms with Gasteiger partial charge in [-0.1, -0.05) is 36.4 Å². The third-order valence-electron chi connectivity index (χ3n) is 5.81. The second kappa shape index (κ2) is 10.5. The highest BCUT2D eigenvalue weighted by atomic mass is 32.1. The fourth-order valence-corrected chi connectivity index (χ4v) is 4.95. The molecule has 4 nitrogen and oxygen atoms in total. The maximum absolute atomic E-state index is 12.8. The highest BCUT2D eigenvalue weighted by Gasteiger charge is 2.30. The Hall–Kier alpha value is -2.50. The van der Waals surface area contributed by atoms with Gasteiger partial charge in [-0.15, -0.1) is 0 Å². The molecule has 3 heterocycles. The predicted molar refractivity (Wildman–Crippen MR) is 122 cm³/mol. The average Bonchev–Trinajstić information content (AvgIpc) is 3.30. The minimum atomic E-state index is -0.0419. The van der Waals surface area contributed by atoms with E-state index < -0.39 is 0 Å². The number of carbonyl (C=O) groups excluding carboxylic acids is 1. The largest absolute Gasteiger partial charge is 0.347 e. The Morgan fingerprint density at radius 1 is 1.13 bits per heavy atom. The van der Waals surface area contributed by atoms with Crippen molar-refractivity contribution in [1.29, 1.82) is 0 Å². The second-order valence-electron chi connectivity index (χ2n) is 8.05. The van der Waals surface area contributed by atoms with E-state index in [0.717, 1.165) is 44.6 Å². The molecule has 1 aromatic carbocycles. The van der Waals surface area contributed by atoms with Gasteiger partial charge in [-0.25, -0.2) is 0 Å². The van der Waals surface area contributed by atoms with Crippen molar-refractivity contribution in [3.05, 3.63) is 88.4 Å². The van der Waals surface area contributed by atoms with Gasteiger partial charge in [-0.2, -0.15) is 11.3 Å². The number of hydrogen-bond acceptors (Lipinski definition) is 4. The van der Waals surface area contributed by atoms with E-state index >= 15 is 0 Å². The van der Waals surface area contributed by atoms with Crippen molar-refractivity contribution in [2.24, 2.45) is 5.92 Å². The Morgan fingerprint density at radius 3 is 2.77 bits per heavy atom. The molecule has 156 valence electrons. The van der Waals surface area contributed by atoms with E-state index in [4.69, 9.17) is 0 Å². The summed E-state index contributed by atoms with van der Waals surface area (Å²) in [6.45, 7) is 3.08. The number of thiophene rings is 1. The van der Waals surface area contributed by atoms with E-state index in [1.165, 1.54) is 11.1 Å². The van der Waals surface area contributed by atoms with Gasteiger partial charge in [0, 0.05) is 25.7 Å². The van der Waals surface area contributed by atoms with Crippen LogP contribution in [0.15, 0.2) is 71.6 Å². The summed E-state index contributed by atoms with van der Waals surface area (Å²) in [5, 5.41) is 7.69. The quantitative estimate of drug-likeness (QED) is 0.568. The summed E-state index contributed by atoms with van der Waals surface area (Å²) in [5.74, 6) is 0.470. The van der Waals surface area contributed by atoms with Crippen LogP contribution in [-0.2, 0) is 17.8 Å². The molecule has 1 fully saturated rings. The molecule has 4 rings (SSSR count). The molecule has 1 aliphatic heterocycles. The van der Waals surface area contributed by atoms with Crippen LogP contribution in [0, 0.1) is 5.92 Å². The van der Waals surface area contributed by atoms with Gasteiger partial charge in [0.05, 0.1) is 11.7 Å². The summed E-state index contributed by atoms with van der Waals surface area (Å²) in [4.78, 5) is 19.9. The number of amides is 1. The van der Waals surface area contributed by atoms with Crippen LogP contribution in [0.3, 0.4) is 0 Å². The lowest BCUT2D eigenvalue weighted by molar-refractivity contribution is -0.122. The summed E-state index contributed by atoms with van der Waals surface area (Å²) in [7, 11) is 0. The molecule has 2 aromatic heterocycles. The van der Waals surface area contributed by atoms with Crippen molar-refractivity contribution in [3.8, 4) is 0 Å². The molecular formula is C25H29N3OS. The summed E-state index contributed by atoms with van der Waals surface area (Å²) >= 11 is 1.75. The normalized spacial score (nSPS) is 18.1. The van der Waals surface area contributed by atoms with Crippen molar-refractivity contribution >= 4 is 17.2 Å². The summed E-state index contributed by atoms with van der Waals surface area (Å²) in [5.41, 5.74) is 3.54. The lowest BCUT2D eigenvalue weighted by Gasteiger charge is -2.37. The first-order chi connectivity index (χ1) is 14.8. The third-order valence-corrected chi connectivity index (χ3v) is 6.54. The molecule has 30 heavy (non-hydrogen) atoms. The molecule has 0 unspecified atom stereocenters. The number of nitrogens with one attached hydrogen (secondary N) is 1. The van der Waals surface area contributed by atoms with Crippen molar-refractivity contribution in [2.75, 3.05) is 13.1 Å². The van der Waals surface area contributed by atoms with Gasteiger partial charge in [0.25, 0.3) is 0 Å². The molecule has 3 aromatic rings. The Bertz CT molecular complexity index is 899. The number of piperidine rings is 1. The lowest BCUT2D eigenvalue weighted by Crippen LogP contribution is -2.43. The molecule has 0 spiro atoms. The monoisotopic (exact) mass is 419 g/mol. The van der Waals surface area contributed by atoms with Gasteiger partial charge in [-0.3, -0.25) is 14.7 Å². The fourth-order valence-electron chi connectivity index (χ4n) is 4.29. The number of likely N-dealkylation sites (tertiary alicyclic amines) is 1. The number of benzene rings is 1. The Morgan fingerprint density at radius 2 is 2.00 bits per heavy atom. The van der Waals surface area contributed by atoms with E-state index in [1.807, 2.05) is 42.6 Å². The number of rotatable bonds is 8. The number of aryl methyl sites for hydroxylation is 1. The summed E-state index contributed by atoms with van der Waals surface area (Å²) in [6, 6.07) is 18.3. The van der Waals surface area contributed by atoms with Gasteiger partial charge >= 0.3 is 0 Å². The molecule has 1 amide bonds. The standard InChI is InChI=1S/C25H29N3OS/c29-24(12-11-20-7-2-1-3-8-20)27-25(23-10-4-5-14-26-23)22-9-6-15-28(18-22)17-21-13-16-30-19-21/h1-5,7-8,10,13-14,16,19,22,25H,6,9,11-12,15,17-18H2,(H,27,29)/t22-,25-/m0/s1. The number of aromatic nitrogens is 1. The van der Waals surface area contributed by atoms with E-state index in [2.05, 4.69) is 44.2 Å². The number of carbonyl (C=O) groups is 1. The van der Waals surface area contributed by atoms with Gasteiger partial charge in [-0.05, 0) is 71.8 Å². The van der Waals surface area contributed by atoms with E-state index in [9.17, 15) is 4.79 Å². The van der Waals surface area contributed by atoms with Crippen molar-refractivity contribution < 1.29 is 4.79 Å². The Labute approximate surface area is 183 Å². The van der Waals surface area contributed by atoms with Crippen LogP contribution >= 0.6 is 11.3 Å². The first-order valence-electron chi connectivity index (χ1n) is 10.8. The minimum Gasteiger partial charge on any atom is -0.347 e. The SMILES string of the molecule is O=C(CCc1ccccc1)N[C@H](c1ccccn1)[C@H]1CCCN(Cc2ccsc2)C1. The van der Waals surface area contributed by atoms with Gasteiger partial charge < -0.3 is 5.32 Å². The van der Waals surface area contributed by atoms with Crippen LogP contribution in [0.5, 0.6) is 0 Å². The van der Waals surface area contributed by atoms with Crippen LogP contribution < -0.4 is 5.32 Å². The van der Waals surface area contributed by atoms with Crippen molar-refractivity contribution in [2.45, 2.75) is 38.3 Å². The maximum Gasteiger partial charge on any atom is 0.220 e. The summed E-state index contributed by atoms with van der Waals surface area (Å²) < 4.78 is 0. The van der Waals surface area contributed by atoms with E-state index in [-0.39, 0.29) is 11.9 Å². The van der Waals surface area contributed by atoms with Crippen LogP contribution in [0.25, 0.3) is 0 Å². The number of pyridine rings is 1. The Kier molecular flexibility index (Phi) is 7.27. The first kappa shape index (κ1) is 20.8. The lowest BCUT2D eigenvalue weighted by atomic mass is 9.88. The zero-order valence-corrected chi connectivity index (χ0v) is 18.1. The summed E-state index contributed by atoms with van der Waals surface area (Å²) in [6.07, 6.45) is 5.35. The molecule has 0 aliphatic carbocycles. The van der Waals surface area contributed by atoms with Crippen LogP contribution in [0.4, 0.5) is 0 Å². The molecule has 2 atom stereocenters. The van der Waals surface area contributed by atoms with Crippen LogP contribution in [0.1, 0.15) is 42.1 Å². The molecular weight excluding hydrogens is 390 g/mol. The van der Waals surface area contributed by atoms with Crippen LogP contribution in [0.2, 0.25) is 0 Å². The smallest absolute Gasteiger partial charge is 0.220 e. The van der Waals surface area contributed by atoms with E-state index in [1.54, 1.807) is 11.3 Å². The van der Waals surface area contributed by atoms with Crippen molar-refractivity contribution in [1.82, 2.24) is 15.2 Å². The molecule has 0 radical (unpaired) electrons. The van der Waals surface area contributed by atoms with Gasteiger partial charge in [0.2, 0.25) is 5.91 Å². The van der Waals surface area contributed by atoms with Gasteiger partial charge in [0.1, 0.15) is 0 Å². The minimum absolute atomic E-state index is 0.0419. The Balaban J connectivity index is 1.42. The van der Waals surface area contributed by atoms with Crippen molar-refractivity contribution in [3.63, 3.8) is 0 Å². The highest BCUT2D eigenvalue weighted by molar-refractivity contribution is 7.07. The third kappa shape index (κ3) is 5.77. The van der Waals surface area contributed by atoms with E-state index in [0.29, 0.717) is 12.3 Å². The number of hydrogen-bond donors (Lipinski definition) is 1. The zero-order valence-electron chi connectivity index (χ0n) is 17.2. The predicted octanol–water partition coefficient (Wildman–Crippen LogP) is 4.85. The molecule has 5 heteroatoms. The molecule has 0 bridgehead atoms. The highest BCUT2D eigenvalue weighted by Crippen LogP contribution is 2.30. The van der Waals surface area contributed by atoms with Crippen LogP contribution in [-0.4, -0.2) is 28.9 Å². The number of nitrogens with zero attached hydrogens (tertiary/aromatic N) is 2. The molecule has 1 N–H and O–H groups in total. The maximum atomic E-state index is 12.8. The second-order valence-corrected chi connectivity index (χ2v) is 8.83. The fraction of sp³-hybridized carbons (Fsp3) is 0.360. The average molecular weight is 420 g/mol. The topological polar surface area (TPSA) is 45.2 Å². The first-order valence-corrected chi connectivity index (χ1v) is 11.7. The van der Waals surface area contributed by atoms with Gasteiger partial charge in [0.15, 0.2) is 0 Å². The molecule has 0 saturated carbocycles. The molecule has 1 aliphatic rings. The zero-order chi connectivity index (χ0) is 20.6. The molecule has 1 saturated heterocycles.